The second kappa shape index (κ2) is 3.76. The van der Waals surface area contributed by atoms with E-state index >= 15 is 0 Å². The van der Waals surface area contributed by atoms with Crippen LogP contribution in [0.4, 0.5) is 0 Å². The Labute approximate surface area is 91.4 Å². The summed E-state index contributed by atoms with van der Waals surface area (Å²) in [7, 11) is 0. The molecule has 2 fully saturated rings. The molecule has 86 valence electrons. The number of amides is 1. The first-order chi connectivity index (χ1) is 6.98. The predicted octanol–water partition coefficient (Wildman–Crippen LogP) is 0.0303. The number of fused-ring (bicyclic) bond motifs is 1. The van der Waals surface area contributed by atoms with E-state index in [2.05, 4.69) is 4.90 Å². The van der Waals surface area contributed by atoms with Crippen molar-refractivity contribution in [2.45, 2.75) is 38.3 Å². The summed E-state index contributed by atoms with van der Waals surface area (Å²) in [6, 6.07) is 0.588. The molecule has 2 heterocycles. The molecule has 2 rings (SSSR count). The second-order valence-electron chi connectivity index (χ2n) is 5.30. The summed E-state index contributed by atoms with van der Waals surface area (Å²) in [6.45, 7) is 7.52. The molecule has 2 aliphatic heterocycles. The van der Waals surface area contributed by atoms with Crippen LogP contribution in [-0.2, 0) is 4.79 Å². The summed E-state index contributed by atoms with van der Waals surface area (Å²) >= 11 is 0. The summed E-state index contributed by atoms with van der Waals surface area (Å²) in [5, 5.41) is 0. The van der Waals surface area contributed by atoms with Crippen LogP contribution in [0.25, 0.3) is 0 Å². The number of hydrogen-bond donors (Lipinski definition) is 1. The Kier molecular flexibility index (Phi) is 2.73. The number of rotatable bonds is 1. The molecule has 0 bridgehead atoms. The molecule has 0 aromatic heterocycles. The van der Waals surface area contributed by atoms with E-state index in [1.54, 1.807) is 13.8 Å². The first kappa shape index (κ1) is 10.9. The zero-order valence-corrected chi connectivity index (χ0v) is 9.70. The fourth-order valence-electron chi connectivity index (χ4n) is 2.58. The van der Waals surface area contributed by atoms with E-state index in [0.29, 0.717) is 6.04 Å². The molecule has 2 aliphatic rings. The summed E-state index contributed by atoms with van der Waals surface area (Å²) < 4.78 is 0. The Balaban J connectivity index is 1.98. The van der Waals surface area contributed by atoms with Crippen LogP contribution in [0, 0.1) is 0 Å². The number of nitrogens with two attached hydrogens (primary N) is 1. The van der Waals surface area contributed by atoms with Gasteiger partial charge in [0.1, 0.15) is 0 Å². The van der Waals surface area contributed by atoms with Gasteiger partial charge >= 0.3 is 0 Å². The van der Waals surface area contributed by atoms with Crippen molar-refractivity contribution in [1.82, 2.24) is 9.80 Å². The Hall–Kier alpha value is -0.610. The van der Waals surface area contributed by atoms with Crippen LogP contribution in [0.2, 0.25) is 0 Å². The molecular formula is C11H21N3O. The summed E-state index contributed by atoms with van der Waals surface area (Å²) in [4.78, 5) is 16.4. The van der Waals surface area contributed by atoms with Gasteiger partial charge in [-0.05, 0) is 33.2 Å². The number of carbonyl (C=O) groups excluding carboxylic acids is 1. The lowest BCUT2D eigenvalue weighted by atomic mass is 10.0. The van der Waals surface area contributed by atoms with E-state index < -0.39 is 5.54 Å². The highest BCUT2D eigenvalue weighted by atomic mass is 16.2. The molecule has 0 aromatic rings. The van der Waals surface area contributed by atoms with Crippen LogP contribution in [0.5, 0.6) is 0 Å². The van der Waals surface area contributed by atoms with Gasteiger partial charge in [-0.3, -0.25) is 9.69 Å². The Morgan fingerprint density at radius 2 is 2.07 bits per heavy atom. The average Bonchev–Trinajstić information content (AvgIpc) is 2.61. The number of carbonyl (C=O) groups is 1. The van der Waals surface area contributed by atoms with Gasteiger partial charge in [0.2, 0.25) is 5.91 Å². The largest absolute Gasteiger partial charge is 0.338 e. The molecule has 4 heteroatoms. The highest BCUT2D eigenvalue weighted by Gasteiger charge is 2.36. The third-order valence-corrected chi connectivity index (χ3v) is 3.43. The molecule has 0 saturated carbocycles. The molecule has 0 aliphatic carbocycles. The minimum atomic E-state index is -0.721. The zero-order chi connectivity index (χ0) is 11.1. The molecule has 0 radical (unpaired) electrons. The number of nitrogens with zero attached hydrogens (tertiary/aromatic N) is 2. The van der Waals surface area contributed by atoms with Gasteiger partial charge < -0.3 is 10.6 Å². The van der Waals surface area contributed by atoms with E-state index in [0.717, 1.165) is 19.6 Å². The van der Waals surface area contributed by atoms with Crippen molar-refractivity contribution in [2.75, 3.05) is 26.2 Å². The van der Waals surface area contributed by atoms with Gasteiger partial charge in [-0.25, -0.2) is 0 Å². The second-order valence-corrected chi connectivity index (χ2v) is 5.30. The van der Waals surface area contributed by atoms with Crippen LogP contribution in [0.15, 0.2) is 0 Å². The lowest BCUT2D eigenvalue weighted by molar-refractivity contribution is -0.138. The summed E-state index contributed by atoms with van der Waals surface area (Å²) in [6.07, 6.45) is 2.51. The highest BCUT2D eigenvalue weighted by Crippen LogP contribution is 2.22. The summed E-state index contributed by atoms with van der Waals surface area (Å²) in [5.74, 6) is 0.0917. The van der Waals surface area contributed by atoms with Gasteiger partial charge in [-0.1, -0.05) is 0 Å². The fourth-order valence-corrected chi connectivity index (χ4v) is 2.58. The van der Waals surface area contributed by atoms with Gasteiger partial charge in [0.05, 0.1) is 5.54 Å². The van der Waals surface area contributed by atoms with E-state index in [4.69, 9.17) is 5.73 Å². The van der Waals surface area contributed by atoms with Gasteiger partial charge in [0, 0.05) is 25.7 Å². The molecule has 1 unspecified atom stereocenters. The molecule has 2 N–H and O–H groups in total. The van der Waals surface area contributed by atoms with Gasteiger partial charge in [0.25, 0.3) is 0 Å². The third kappa shape index (κ3) is 2.16. The average molecular weight is 211 g/mol. The topological polar surface area (TPSA) is 49.6 Å². The van der Waals surface area contributed by atoms with E-state index in [1.807, 2.05) is 4.90 Å². The SMILES string of the molecule is CC(C)(N)C(=O)N1CCN2CCCC2C1. The van der Waals surface area contributed by atoms with Gasteiger partial charge in [-0.2, -0.15) is 0 Å². The first-order valence-corrected chi connectivity index (χ1v) is 5.81. The maximum absolute atomic E-state index is 12.0. The molecular weight excluding hydrogens is 190 g/mol. The van der Waals surface area contributed by atoms with Crippen LogP contribution in [0.1, 0.15) is 26.7 Å². The van der Waals surface area contributed by atoms with Gasteiger partial charge in [-0.15, -0.1) is 0 Å². The van der Waals surface area contributed by atoms with Crippen LogP contribution < -0.4 is 5.73 Å². The monoisotopic (exact) mass is 211 g/mol. The molecule has 1 atom stereocenters. The van der Waals surface area contributed by atoms with Crippen LogP contribution in [0.3, 0.4) is 0 Å². The van der Waals surface area contributed by atoms with Crippen molar-refractivity contribution in [3.8, 4) is 0 Å². The van der Waals surface area contributed by atoms with Crippen LogP contribution >= 0.6 is 0 Å². The standard InChI is InChI=1S/C11H21N3O/c1-11(2,12)10(15)14-7-6-13-5-3-4-9(13)8-14/h9H,3-8,12H2,1-2H3. The zero-order valence-electron chi connectivity index (χ0n) is 9.70. The molecule has 2 saturated heterocycles. The molecule has 1 amide bonds. The molecule has 4 nitrogen and oxygen atoms in total. The van der Waals surface area contributed by atoms with E-state index in [1.165, 1.54) is 19.4 Å². The van der Waals surface area contributed by atoms with E-state index in [9.17, 15) is 4.79 Å². The Morgan fingerprint density at radius 3 is 2.73 bits per heavy atom. The third-order valence-electron chi connectivity index (χ3n) is 3.43. The van der Waals surface area contributed by atoms with Crippen molar-refractivity contribution in [1.29, 1.82) is 0 Å². The lowest BCUT2D eigenvalue weighted by Gasteiger charge is -2.39. The maximum atomic E-state index is 12.0. The van der Waals surface area contributed by atoms with E-state index in [-0.39, 0.29) is 5.91 Å². The van der Waals surface area contributed by atoms with Crippen molar-refractivity contribution in [2.24, 2.45) is 5.73 Å². The van der Waals surface area contributed by atoms with Crippen molar-refractivity contribution < 1.29 is 4.79 Å². The summed E-state index contributed by atoms with van der Waals surface area (Å²) in [5.41, 5.74) is 5.12. The normalized spacial score (nSPS) is 27.9. The smallest absolute Gasteiger partial charge is 0.242 e. The van der Waals surface area contributed by atoms with Crippen molar-refractivity contribution >= 4 is 5.91 Å². The molecule has 15 heavy (non-hydrogen) atoms. The minimum absolute atomic E-state index is 0.0917. The number of piperazine rings is 1. The van der Waals surface area contributed by atoms with Crippen molar-refractivity contribution in [3.05, 3.63) is 0 Å². The van der Waals surface area contributed by atoms with Crippen LogP contribution in [-0.4, -0.2) is 53.5 Å². The Bertz CT molecular complexity index is 259. The predicted molar refractivity (Wildman–Crippen MR) is 59.4 cm³/mol. The quantitative estimate of drug-likeness (QED) is 0.666. The lowest BCUT2D eigenvalue weighted by Crippen LogP contribution is -2.58. The highest BCUT2D eigenvalue weighted by molar-refractivity contribution is 5.85. The molecule has 0 aromatic carbocycles. The van der Waals surface area contributed by atoms with Gasteiger partial charge in [0.15, 0.2) is 0 Å². The first-order valence-electron chi connectivity index (χ1n) is 5.81. The fraction of sp³-hybridized carbons (Fsp3) is 0.909. The minimum Gasteiger partial charge on any atom is -0.338 e. The Morgan fingerprint density at radius 1 is 1.33 bits per heavy atom. The number of hydrogen-bond acceptors (Lipinski definition) is 3. The van der Waals surface area contributed by atoms with Crippen molar-refractivity contribution in [3.63, 3.8) is 0 Å². The molecule has 0 spiro atoms. The maximum Gasteiger partial charge on any atom is 0.242 e.